The zero-order chi connectivity index (χ0) is 21.7. The van der Waals surface area contributed by atoms with E-state index in [1.807, 2.05) is 36.7 Å². The Morgan fingerprint density at radius 1 is 0.938 bits per heavy atom. The van der Waals surface area contributed by atoms with Crippen LogP contribution in [0.5, 0.6) is 0 Å². The Bertz CT molecular complexity index is 1610. The second-order valence-corrected chi connectivity index (χ2v) is 8.56. The number of thiophene rings is 1. The number of aromatic amines is 2. The standard InChI is InChI=1S/C24H16N6OS/c1-13(31)22-4-5-23(32-22)17-10-26-12-21-15(17)9-19(28-21)24-16-8-14(2-3-18(16)29-30-24)20-11-25-6-7-27-20/h2-12,28H,1H3,(H,29,30). The molecule has 0 saturated heterocycles. The van der Waals surface area contributed by atoms with Crippen LogP contribution in [-0.4, -0.2) is 35.9 Å². The molecular weight excluding hydrogens is 420 g/mol. The van der Waals surface area contributed by atoms with Crippen molar-refractivity contribution >= 4 is 38.9 Å². The van der Waals surface area contributed by atoms with Gasteiger partial charge in [-0.2, -0.15) is 5.10 Å². The molecule has 0 fully saturated rings. The molecule has 6 rings (SSSR count). The van der Waals surface area contributed by atoms with E-state index in [1.165, 1.54) is 11.3 Å². The molecule has 2 N–H and O–H groups in total. The van der Waals surface area contributed by atoms with E-state index in [0.717, 1.165) is 59.8 Å². The highest BCUT2D eigenvalue weighted by molar-refractivity contribution is 7.17. The number of carbonyl (C=O) groups excluding carboxylic acids is 1. The van der Waals surface area contributed by atoms with Crippen LogP contribution in [0.15, 0.2) is 67.4 Å². The number of aromatic nitrogens is 6. The fraction of sp³-hybridized carbons (Fsp3) is 0.0417. The van der Waals surface area contributed by atoms with Crippen LogP contribution in [0.2, 0.25) is 0 Å². The van der Waals surface area contributed by atoms with Crippen molar-refractivity contribution in [3.8, 4) is 33.1 Å². The number of fused-ring (bicyclic) bond motifs is 2. The van der Waals surface area contributed by atoms with Crippen molar-refractivity contribution in [1.82, 2.24) is 30.1 Å². The van der Waals surface area contributed by atoms with Crippen LogP contribution < -0.4 is 0 Å². The Morgan fingerprint density at radius 2 is 1.88 bits per heavy atom. The van der Waals surface area contributed by atoms with Crippen molar-refractivity contribution in [2.75, 3.05) is 0 Å². The number of hydrogen-bond acceptors (Lipinski definition) is 6. The second-order valence-electron chi connectivity index (χ2n) is 7.47. The average Bonchev–Trinajstić information content (AvgIpc) is 3.56. The zero-order valence-corrected chi connectivity index (χ0v) is 17.8. The summed E-state index contributed by atoms with van der Waals surface area (Å²) in [5, 5.41) is 9.71. The minimum Gasteiger partial charge on any atom is -0.352 e. The van der Waals surface area contributed by atoms with Crippen LogP contribution in [0.3, 0.4) is 0 Å². The van der Waals surface area contributed by atoms with Crippen molar-refractivity contribution < 1.29 is 4.79 Å². The van der Waals surface area contributed by atoms with Crippen LogP contribution in [0.1, 0.15) is 16.6 Å². The van der Waals surface area contributed by atoms with Crippen LogP contribution in [-0.2, 0) is 0 Å². The Morgan fingerprint density at radius 3 is 2.69 bits per heavy atom. The lowest BCUT2D eigenvalue weighted by atomic mass is 10.1. The summed E-state index contributed by atoms with van der Waals surface area (Å²) in [4.78, 5) is 29.9. The van der Waals surface area contributed by atoms with Gasteiger partial charge in [0.25, 0.3) is 0 Å². The summed E-state index contributed by atoms with van der Waals surface area (Å²) in [6, 6.07) is 12.0. The van der Waals surface area contributed by atoms with Gasteiger partial charge in [0.2, 0.25) is 0 Å². The van der Waals surface area contributed by atoms with E-state index in [1.54, 1.807) is 25.5 Å². The molecule has 0 aliphatic rings. The van der Waals surface area contributed by atoms with E-state index in [9.17, 15) is 4.79 Å². The van der Waals surface area contributed by atoms with Gasteiger partial charge in [-0.25, -0.2) is 0 Å². The van der Waals surface area contributed by atoms with E-state index >= 15 is 0 Å². The first-order valence-electron chi connectivity index (χ1n) is 10.00. The highest BCUT2D eigenvalue weighted by atomic mass is 32.1. The largest absolute Gasteiger partial charge is 0.352 e. The molecule has 5 heterocycles. The predicted molar refractivity (Wildman–Crippen MR) is 126 cm³/mol. The van der Waals surface area contributed by atoms with Crippen molar-refractivity contribution in [2.45, 2.75) is 6.92 Å². The molecule has 7 nitrogen and oxygen atoms in total. The summed E-state index contributed by atoms with van der Waals surface area (Å²) >= 11 is 1.48. The summed E-state index contributed by atoms with van der Waals surface area (Å²) in [6.45, 7) is 1.58. The molecule has 0 radical (unpaired) electrons. The number of rotatable bonds is 4. The van der Waals surface area contributed by atoms with E-state index < -0.39 is 0 Å². The lowest BCUT2D eigenvalue weighted by molar-refractivity contribution is 0.102. The number of pyridine rings is 1. The summed E-state index contributed by atoms with van der Waals surface area (Å²) in [5.41, 5.74) is 6.34. The smallest absolute Gasteiger partial charge is 0.169 e. The molecule has 0 bridgehead atoms. The minimum atomic E-state index is 0.0676. The molecule has 32 heavy (non-hydrogen) atoms. The second kappa shape index (κ2) is 7.21. The van der Waals surface area contributed by atoms with Gasteiger partial charge >= 0.3 is 0 Å². The quantitative estimate of drug-likeness (QED) is 0.356. The molecule has 0 atom stereocenters. The monoisotopic (exact) mass is 436 g/mol. The lowest BCUT2D eigenvalue weighted by Crippen LogP contribution is -1.84. The van der Waals surface area contributed by atoms with Crippen LogP contribution in [0.4, 0.5) is 0 Å². The number of nitrogens with zero attached hydrogens (tertiary/aromatic N) is 4. The predicted octanol–water partition coefficient (Wildman–Crippen LogP) is 5.49. The number of Topliss-reactive ketones (excluding diaryl/α,β-unsaturated/α-hetero) is 1. The fourth-order valence-corrected chi connectivity index (χ4v) is 4.80. The Hall–Kier alpha value is -4.17. The molecular formula is C24H16N6OS. The van der Waals surface area contributed by atoms with E-state index in [0.29, 0.717) is 0 Å². The first-order valence-corrected chi connectivity index (χ1v) is 10.8. The summed E-state index contributed by atoms with van der Waals surface area (Å²) < 4.78 is 0. The molecule has 0 aliphatic heterocycles. The van der Waals surface area contributed by atoms with E-state index in [-0.39, 0.29) is 5.78 Å². The van der Waals surface area contributed by atoms with Gasteiger partial charge in [-0.15, -0.1) is 11.3 Å². The number of carbonyl (C=O) groups is 1. The molecule has 0 amide bonds. The molecule has 0 spiro atoms. The topological polar surface area (TPSA) is 100 Å². The van der Waals surface area contributed by atoms with Gasteiger partial charge in [-0.05, 0) is 37.3 Å². The fourth-order valence-electron chi connectivity index (χ4n) is 3.87. The molecule has 8 heteroatoms. The summed E-state index contributed by atoms with van der Waals surface area (Å²) in [5.74, 6) is 0.0676. The third kappa shape index (κ3) is 3.00. The Balaban J connectivity index is 1.49. The normalized spacial score (nSPS) is 11.4. The van der Waals surface area contributed by atoms with Crippen molar-refractivity contribution in [3.63, 3.8) is 0 Å². The van der Waals surface area contributed by atoms with Gasteiger partial charge in [-0.3, -0.25) is 24.8 Å². The van der Waals surface area contributed by atoms with Crippen LogP contribution >= 0.6 is 11.3 Å². The van der Waals surface area contributed by atoms with Crippen molar-refractivity contribution in [1.29, 1.82) is 0 Å². The lowest BCUT2D eigenvalue weighted by Gasteiger charge is -2.00. The maximum atomic E-state index is 11.7. The molecule has 154 valence electrons. The average molecular weight is 437 g/mol. The number of ketones is 1. The minimum absolute atomic E-state index is 0.0676. The molecule has 0 aliphatic carbocycles. The zero-order valence-electron chi connectivity index (χ0n) is 17.0. The third-order valence-electron chi connectivity index (χ3n) is 5.44. The number of hydrogen-bond donors (Lipinski definition) is 2. The van der Waals surface area contributed by atoms with Crippen LogP contribution in [0, 0.1) is 0 Å². The van der Waals surface area contributed by atoms with Crippen molar-refractivity contribution in [3.05, 3.63) is 72.3 Å². The molecule has 5 aromatic heterocycles. The highest BCUT2D eigenvalue weighted by Crippen LogP contribution is 2.36. The van der Waals surface area contributed by atoms with Gasteiger partial charge in [0, 0.05) is 45.4 Å². The van der Waals surface area contributed by atoms with Gasteiger partial charge in [0.15, 0.2) is 5.78 Å². The number of benzene rings is 1. The number of nitrogens with one attached hydrogen (secondary N) is 2. The van der Waals surface area contributed by atoms with Crippen molar-refractivity contribution in [2.24, 2.45) is 0 Å². The summed E-state index contributed by atoms with van der Waals surface area (Å²) in [6.07, 6.45) is 8.74. The maximum absolute atomic E-state index is 11.7. The maximum Gasteiger partial charge on any atom is 0.169 e. The molecule has 1 aromatic carbocycles. The van der Waals surface area contributed by atoms with Gasteiger partial charge in [0.1, 0.15) is 5.69 Å². The van der Waals surface area contributed by atoms with Gasteiger partial charge in [0.05, 0.1) is 39.7 Å². The SMILES string of the molecule is CC(=O)c1ccc(-c2cncc3[nH]c(-c4n[nH]c5ccc(-c6cnccn6)cc45)cc23)s1. The third-order valence-corrected chi connectivity index (χ3v) is 6.66. The summed E-state index contributed by atoms with van der Waals surface area (Å²) in [7, 11) is 0. The molecule has 0 unspecified atom stereocenters. The first-order chi connectivity index (χ1) is 15.7. The van der Waals surface area contributed by atoms with E-state index in [4.69, 9.17) is 0 Å². The van der Waals surface area contributed by atoms with E-state index in [2.05, 4.69) is 42.3 Å². The Labute approximate surface area is 186 Å². The highest BCUT2D eigenvalue weighted by Gasteiger charge is 2.16. The first kappa shape index (κ1) is 18.6. The molecule has 0 saturated carbocycles. The number of H-pyrrole nitrogens is 2. The van der Waals surface area contributed by atoms with Gasteiger partial charge in [-0.1, -0.05) is 6.07 Å². The molecule has 6 aromatic rings. The Kier molecular flexibility index (Phi) is 4.19. The van der Waals surface area contributed by atoms with Gasteiger partial charge < -0.3 is 4.98 Å². The van der Waals surface area contributed by atoms with Crippen LogP contribution in [0.25, 0.3) is 54.9 Å².